The molecule has 1 aliphatic carbocycles. The molecule has 1 fully saturated rings. The molecule has 0 atom stereocenters. The van der Waals surface area contributed by atoms with Gasteiger partial charge >= 0.3 is 6.09 Å². The van der Waals surface area contributed by atoms with Gasteiger partial charge in [-0.3, -0.25) is 4.79 Å². The summed E-state index contributed by atoms with van der Waals surface area (Å²) >= 11 is 12.8. The number of carbonyl (C=O) groups is 2. The van der Waals surface area contributed by atoms with Crippen LogP contribution in [0.4, 0.5) is 4.79 Å². The van der Waals surface area contributed by atoms with E-state index in [-0.39, 0.29) is 18.5 Å². The molecule has 1 heterocycles. The van der Waals surface area contributed by atoms with Crippen molar-refractivity contribution in [2.45, 2.75) is 64.8 Å². The van der Waals surface area contributed by atoms with Gasteiger partial charge in [0.15, 0.2) is 0 Å². The number of ether oxygens (including phenoxy) is 3. The molecule has 3 aromatic rings. The van der Waals surface area contributed by atoms with Gasteiger partial charge in [-0.05, 0) is 92.6 Å². The Labute approximate surface area is 269 Å². The van der Waals surface area contributed by atoms with Gasteiger partial charge in [-0.15, -0.1) is 0 Å². The van der Waals surface area contributed by atoms with Crippen molar-refractivity contribution in [2.75, 3.05) is 20.2 Å². The Hall–Kier alpha value is -3.68. The number of methoxy groups -OCH3 is 1. The maximum atomic E-state index is 14.4. The van der Waals surface area contributed by atoms with Gasteiger partial charge < -0.3 is 24.0 Å². The lowest BCUT2D eigenvalue weighted by Crippen LogP contribution is -2.44. The molecule has 5 rings (SSSR count). The third kappa shape index (κ3) is 7.88. The fourth-order valence-corrected chi connectivity index (χ4v) is 5.62. The Morgan fingerprint density at radius 3 is 2.43 bits per heavy atom. The van der Waals surface area contributed by atoms with Gasteiger partial charge in [-0.2, -0.15) is 0 Å². The average Bonchev–Trinajstić information content (AvgIpc) is 3.85. The quantitative estimate of drug-likeness (QED) is 0.237. The molecule has 0 unspecified atom stereocenters. The molecule has 7 nitrogen and oxygen atoms in total. The first-order chi connectivity index (χ1) is 21.0. The van der Waals surface area contributed by atoms with Gasteiger partial charge in [-0.1, -0.05) is 59.6 Å². The predicted molar refractivity (Wildman–Crippen MR) is 173 cm³/mol. The van der Waals surface area contributed by atoms with E-state index >= 15 is 0 Å². The molecule has 0 radical (unpaired) electrons. The van der Waals surface area contributed by atoms with E-state index in [2.05, 4.69) is 0 Å². The highest BCUT2D eigenvalue weighted by molar-refractivity contribution is 6.42. The van der Waals surface area contributed by atoms with Crippen molar-refractivity contribution in [1.29, 1.82) is 0 Å². The summed E-state index contributed by atoms with van der Waals surface area (Å²) in [5.74, 6) is 1.34. The molecule has 0 N–H and O–H groups in total. The van der Waals surface area contributed by atoms with E-state index in [1.54, 1.807) is 18.1 Å². The third-order valence-corrected chi connectivity index (χ3v) is 8.46. The van der Waals surface area contributed by atoms with Crippen molar-refractivity contribution < 1.29 is 23.8 Å². The van der Waals surface area contributed by atoms with Crippen LogP contribution in [0, 0.1) is 0 Å². The lowest BCUT2D eigenvalue weighted by molar-refractivity contribution is -0.128. The number of benzene rings is 3. The van der Waals surface area contributed by atoms with Gasteiger partial charge in [-0.25, -0.2) is 4.79 Å². The van der Waals surface area contributed by atoms with Gasteiger partial charge in [0.2, 0.25) is 0 Å². The van der Waals surface area contributed by atoms with E-state index in [0.717, 1.165) is 40.9 Å². The summed E-state index contributed by atoms with van der Waals surface area (Å²) in [6, 6.07) is 21.1. The minimum atomic E-state index is -0.650. The number of hydrogen-bond donors (Lipinski definition) is 0. The van der Waals surface area contributed by atoms with Crippen LogP contribution in [0.5, 0.6) is 11.5 Å². The first-order valence-corrected chi connectivity index (χ1v) is 15.6. The van der Waals surface area contributed by atoms with Crippen LogP contribution in [0.1, 0.15) is 56.7 Å². The summed E-state index contributed by atoms with van der Waals surface area (Å²) in [7, 11) is 1.64. The third-order valence-electron chi connectivity index (χ3n) is 7.60. The molecule has 232 valence electrons. The first-order valence-electron chi connectivity index (χ1n) is 14.8. The molecule has 3 aromatic carbocycles. The number of rotatable bonds is 9. The van der Waals surface area contributed by atoms with Crippen LogP contribution in [-0.4, -0.2) is 53.6 Å². The molecule has 0 saturated heterocycles. The Balaban J connectivity index is 1.46. The summed E-state index contributed by atoms with van der Waals surface area (Å²) in [5, 5.41) is 0.897. The molecule has 2 aliphatic rings. The summed E-state index contributed by atoms with van der Waals surface area (Å²) in [4.78, 5) is 31.1. The number of halogens is 2. The normalized spacial score (nSPS) is 15.2. The standard InChI is InChI=1S/C35H38Cl2N2O5/c1-35(2,3)44-34(41)38-17-16-29(24-9-6-12-28(19-24)43-22-23-8-5-11-27(18-23)42-4)30(21-38)33(40)39(26-14-15-26)20-25-10-7-13-31(36)32(25)37/h5-13,18-19,26H,14-17,20-22H2,1-4H3. The van der Waals surface area contributed by atoms with E-state index in [0.29, 0.717) is 47.5 Å². The molecule has 0 bridgehead atoms. The minimum absolute atomic E-state index is 0.0979. The summed E-state index contributed by atoms with van der Waals surface area (Å²) in [6.07, 6.45) is 1.88. The van der Waals surface area contributed by atoms with Crippen LogP contribution in [0.3, 0.4) is 0 Å². The summed E-state index contributed by atoms with van der Waals surface area (Å²) in [6.45, 7) is 6.78. The van der Waals surface area contributed by atoms with Gasteiger partial charge in [0, 0.05) is 24.7 Å². The largest absolute Gasteiger partial charge is 0.497 e. The van der Waals surface area contributed by atoms with Crippen LogP contribution in [-0.2, 0) is 22.7 Å². The Bertz CT molecular complexity index is 1560. The zero-order chi connectivity index (χ0) is 31.4. The minimum Gasteiger partial charge on any atom is -0.497 e. The van der Waals surface area contributed by atoms with Crippen LogP contribution in [0.2, 0.25) is 10.0 Å². The molecule has 0 spiro atoms. The van der Waals surface area contributed by atoms with Gasteiger partial charge in [0.25, 0.3) is 5.91 Å². The molecule has 1 saturated carbocycles. The van der Waals surface area contributed by atoms with Crippen molar-refractivity contribution in [1.82, 2.24) is 9.80 Å². The Morgan fingerprint density at radius 1 is 0.977 bits per heavy atom. The lowest BCUT2D eigenvalue weighted by Gasteiger charge is -2.34. The SMILES string of the molecule is COc1cccc(COc2cccc(C3=C(C(=O)N(Cc4cccc(Cl)c4Cl)C4CC4)CN(C(=O)OC(C)(C)C)CC3)c2)c1. The van der Waals surface area contributed by atoms with E-state index < -0.39 is 11.7 Å². The van der Waals surface area contributed by atoms with Crippen LogP contribution >= 0.6 is 23.2 Å². The van der Waals surface area contributed by atoms with Crippen LogP contribution in [0.25, 0.3) is 5.57 Å². The average molecular weight is 638 g/mol. The second-order valence-corrected chi connectivity index (χ2v) is 12.9. The maximum absolute atomic E-state index is 14.4. The number of nitrogens with zero attached hydrogens (tertiary/aromatic N) is 2. The molecule has 1 aliphatic heterocycles. The Morgan fingerprint density at radius 2 is 1.70 bits per heavy atom. The van der Waals surface area contributed by atoms with E-state index in [1.807, 2.05) is 86.3 Å². The highest BCUT2D eigenvalue weighted by atomic mass is 35.5. The zero-order valence-corrected chi connectivity index (χ0v) is 27.1. The first kappa shape index (κ1) is 31.7. The second-order valence-electron chi connectivity index (χ2n) is 12.2. The van der Waals surface area contributed by atoms with Crippen molar-refractivity contribution in [2.24, 2.45) is 0 Å². The van der Waals surface area contributed by atoms with E-state index in [1.165, 1.54) is 0 Å². The highest BCUT2D eigenvalue weighted by Gasteiger charge is 2.38. The molecular weight excluding hydrogens is 599 g/mol. The van der Waals surface area contributed by atoms with Gasteiger partial charge in [0.1, 0.15) is 23.7 Å². The number of carbonyl (C=O) groups excluding carboxylic acids is 2. The van der Waals surface area contributed by atoms with E-state index in [9.17, 15) is 9.59 Å². The van der Waals surface area contributed by atoms with Crippen molar-refractivity contribution in [3.63, 3.8) is 0 Å². The predicted octanol–water partition coefficient (Wildman–Crippen LogP) is 8.17. The monoisotopic (exact) mass is 636 g/mol. The summed E-state index contributed by atoms with van der Waals surface area (Å²) in [5.41, 5.74) is 3.46. The number of amides is 2. The molecule has 9 heteroatoms. The zero-order valence-electron chi connectivity index (χ0n) is 25.6. The highest BCUT2D eigenvalue weighted by Crippen LogP contribution is 2.37. The summed E-state index contributed by atoms with van der Waals surface area (Å²) < 4.78 is 17.2. The second kappa shape index (κ2) is 13.5. The lowest BCUT2D eigenvalue weighted by atomic mass is 9.92. The van der Waals surface area contributed by atoms with Crippen molar-refractivity contribution in [3.8, 4) is 11.5 Å². The molecule has 2 amide bonds. The fraction of sp³-hybridized carbons (Fsp3) is 0.371. The maximum Gasteiger partial charge on any atom is 0.410 e. The van der Waals surface area contributed by atoms with Gasteiger partial charge in [0.05, 0.1) is 23.7 Å². The fourth-order valence-electron chi connectivity index (χ4n) is 5.24. The topological polar surface area (TPSA) is 68.3 Å². The Kier molecular flexibility index (Phi) is 9.76. The van der Waals surface area contributed by atoms with Crippen LogP contribution < -0.4 is 9.47 Å². The van der Waals surface area contributed by atoms with E-state index in [4.69, 9.17) is 37.4 Å². The van der Waals surface area contributed by atoms with Crippen molar-refractivity contribution in [3.05, 3.63) is 99.0 Å². The molecular formula is C35H38Cl2N2O5. The number of hydrogen-bond acceptors (Lipinski definition) is 5. The smallest absolute Gasteiger partial charge is 0.410 e. The molecule has 44 heavy (non-hydrogen) atoms. The van der Waals surface area contributed by atoms with Crippen LogP contribution in [0.15, 0.2) is 72.3 Å². The van der Waals surface area contributed by atoms with Crippen molar-refractivity contribution >= 4 is 40.8 Å². The molecule has 0 aromatic heterocycles.